The minimum atomic E-state index is -0.599. The summed E-state index contributed by atoms with van der Waals surface area (Å²) >= 11 is 0. The maximum atomic E-state index is 14.4. The van der Waals surface area contributed by atoms with Crippen molar-refractivity contribution in [2.24, 2.45) is 23.7 Å². The third kappa shape index (κ3) is 12.1. The van der Waals surface area contributed by atoms with Gasteiger partial charge in [0, 0.05) is 50.1 Å². The van der Waals surface area contributed by atoms with E-state index in [4.69, 9.17) is 4.74 Å². The highest BCUT2D eigenvalue weighted by molar-refractivity contribution is 5.89. The number of ether oxygens (including phenoxy) is 1. The fourth-order valence-electron chi connectivity index (χ4n) is 11.2. The molecule has 0 radical (unpaired) electrons. The average molecular weight is 713 g/mol. The molecule has 0 aromatic heterocycles. The number of piperidine rings is 1. The Morgan fingerprint density at radius 3 is 2.06 bits per heavy atom. The highest BCUT2D eigenvalue weighted by atomic mass is 16.5. The Morgan fingerprint density at radius 1 is 0.745 bits per heavy atom. The minimum absolute atomic E-state index is 0.0352. The van der Waals surface area contributed by atoms with Crippen LogP contribution in [0.1, 0.15) is 167 Å². The van der Waals surface area contributed by atoms with Crippen LogP contribution in [-0.4, -0.2) is 96.4 Å². The SMILES string of the molecule is O=C(NC(CCCC1CCCCC1)CCCC1CCCCC1)C1CN(C[C@H](O)COC2CCCC3NCCCC32)CCN1C(=O)C1CCCCC1. The van der Waals surface area contributed by atoms with Gasteiger partial charge in [-0.1, -0.05) is 109 Å². The van der Waals surface area contributed by atoms with Crippen molar-refractivity contribution in [3.8, 4) is 0 Å². The standard InChI is InChI=1S/C43H76N4O4/c48-37(32-51-41-26-12-25-39-38(41)24-13-27-44-39)30-46-28-29-47(43(50)35-20-8-3-9-21-35)40(31-46)42(49)45-36(22-10-18-33-14-4-1-5-15-33)23-11-19-34-16-6-2-7-17-34/h33-41,44,48H,1-32H2,(H,45,49)/t37-,38?,39?,40?,41?/m0/s1. The van der Waals surface area contributed by atoms with Gasteiger partial charge >= 0.3 is 0 Å². The second-order valence-corrected chi connectivity index (χ2v) is 18.0. The van der Waals surface area contributed by atoms with E-state index < -0.39 is 12.1 Å². The van der Waals surface area contributed by atoms with Crippen LogP contribution in [0, 0.1) is 23.7 Å². The molecular formula is C43H76N4O4. The molecule has 292 valence electrons. The summed E-state index contributed by atoms with van der Waals surface area (Å²) in [4.78, 5) is 32.6. The molecule has 0 aromatic rings. The van der Waals surface area contributed by atoms with Crippen molar-refractivity contribution < 1.29 is 19.4 Å². The second kappa shape index (κ2) is 21.0. The largest absolute Gasteiger partial charge is 0.389 e. The number of nitrogens with one attached hydrogen (secondary N) is 2. The van der Waals surface area contributed by atoms with Gasteiger partial charge in [0.25, 0.3) is 0 Å². The van der Waals surface area contributed by atoms with Gasteiger partial charge < -0.3 is 25.4 Å². The Hall–Kier alpha value is -1.22. The lowest BCUT2D eigenvalue weighted by Gasteiger charge is -2.43. The van der Waals surface area contributed by atoms with Crippen LogP contribution in [-0.2, 0) is 14.3 Å². The molecule has 0 aromatic carbocycles. The highest BCUT2D eigenvalue weighted by Crippen LogP contribution is 2.34. The van der Waals surface area contributed by atoms with Crippen molar-refractivity contribution in [2.75, 3.05) is 39.3 Å². The third-order valence-corrected chi connectivity index (χ3v) is 14.2. The Balaban J connectivity index is 1.06. The summed E-state index contributed by atoms with van der Waals surface area (Å²) in [7, 11) is 0. The summed E-state index contributed by atoms with van der Waals surface area (Å²) in [5.74, 6) is 2.56. The molecule has 4 unspecified atom stereocenters. The molecule has 5 atom stereocenters. The molecule has 3 N–H and O–H groups in total. The van der Waals surface area contributed by atoms with E-state index in [9.17, 15) is 14.7 Å². The van der Waals surface area contributed by atoms with E-state index in [0.717, 1.165) is 63.3 Å². The number of rotatable bonds is 16. The first-order valence-electron chi connectivity index (χ1n) is 22.4. The lowest BCUT2D eigenvalue weighted by Crippen LogP contribution is -2.63. The van der Waals surface area contributed by atoms with E-state index in [1.807, 2.05) is 4.90 Å². The van der Waals surface area contributed by atoms with Crippen LogP contribution in [0.4, 0.5) is 0 Å². The molecule has 8 heteroatoms. The third-order valence-electron chi connectivity index (χ3n) is 14.2. The van der Waals surface area contributed by atoms with Crippen LogP contribution in [0.5, 0.6) is 0 Å². The molecule has 0 spiro atoms. The maximum absolute atomic E-state index is 14.4. The Labute approximate surface area is 311 Å². The molecule has 2 aliphatic heterocycles. The number of aliphatic hydroxyl groups is 1. The number of amides is 2. The average Bonchev–Trinajstić information content (AvgIpc) is 3.18. The Bertz CT molecular complexity index is 999. The predicted molar refractivity (Wildman–Crippen MR) is 205 cm³/mol. The fraction of sp³-hybridized carbons (Fsp3) is 0.953. The lowest BCUT2D eigenvalue weighted by atomic mass is 9.77. The number of aliphatic hydroxyl groups excluding tert-OH is 1. The van der Waals surface area contributed by atoms with Crippen LogP contribution in [0.3, 0.4) is 0 Å². The van der Waals surface area contributed by atoms with Gasteiger partial charge in [-0.05, 0) is 76.2 Å². The van der Waals surface area contributed by atoms with E-state index in [-0.39, 0.29) is 29.9 Å². The summed E-state index contributed by atoms with van der Waals surface area (Å²) in [6, 6.07) is 0.249. The number of carbonyl (C=O) groups is 2. The first-order valence-corrected chi connectivity index (χ1v) is 22.4. The molecule has 6 fully saturated rings. The summed E-state index contributed by atoms with van der Waals surface area (Å²) in [6.07, 6.45) is 31.8. The van der Waals surface area contributed by atoms with E-state index >= 15 is 0 Å². The molecule has 2 saturated heterocycles. The van der Waals surface area contributed by atoms with Gasteiger partial charge in [0.15, 0.2) is 0 Å². The van der Waals surface area contributed by atoms with Crippen molar-refractivity contribution in [3.05, 3.63) is 0 Å². The molecule has 4 aliphatic carbocycles. The normalized spacial score (nSPS) is 29.9. The molecule has 0 bridgehead atoms. The van der Waals surface area contributed by atoms with Gasteiger partial charge in [-0.15, -0.1) is 0 Å². The van der Waals surface area contributed by atoms with Crippen molar-refractivity contribution in [1.29, 1.82) is 0 Å². The first-order chi connectivity index (χ1) is 25.0. The van der Waals surface area contributed by atoms with E-state index in [1.54, 1.807) is 0 Å². The first kappa shape index (κ1) is 39.5. The van der Waals surface area contributed by atoms with Crippen LogP contribution < -0.4 is 10.6 Å². The Morgan fingerprint density at radius 2 is 1.39 bits per heavy atom. The van der Waals surface area contributed by atoms with E-state index in [0.29, 0.717) is 44.7 Å². The van der Waals surface area contributed by atoms with Gasteiger partial charge in [-0.3, -0.25) is 14.5 Å². The number of hydrogen-bond acceptors (Lipinski definition) is 6. The lowest BCUT2D eigenvalue weighted by molar-refractivity contribution is -0.149. The smallest absolute Gasteiger partial charge is 0.244 e. The molecule has 6 aliphatic rings. The zero-order valence-electron chi connectivity index (χ0n) is 32.4. The van der Waals surface area contributed by atoms with Gasteiger partial charge in [-0.2, -0.15) is 0 Å². The summed E-state index contributed by atoms with van der Waals surface area (Å²) in [5.41, 5.74) is 0. The van der Waals surface area contributed by atoms with Crippen molar-refractivity contribution >= 4 is 11.8 Å². The number of nitrogens with zero attached hydrogens (tertiary/aromatic N) is 2. The molecule has 4 saturated carbocycles. The van der Waals surface area contributed by atoms with Crippen LogP contribution in [0.2, 0.25) is 0 Å². The molecule has 2 heterocycles. The van der Waals surface area contributed by atoms with Crippen molar-refractivity contribution in [1.82, 2.24) is 20.4 Å². The monoisotopic (exact) mass is 713 g/mol. The predicted octanol–water partition coefficient (Wildman–Crippen LogP) is 7.36. The van der Waals surface area contributed by atoms with E-state index in [1.165, 1.54) is 122 Å². The molecular weight excluding hydrogens is 636 g/mol. The van der Waals surface area contributed by atoms with Gasteiger partial charge in [-0.25, -0.2) is 0 Å². The number of hydrogen-bond donors (Lipinski definition) is 3. The van der Waals surface area contributed by atoms with Gasteiger partial charge in [0.2, 0.25) is 11.8 Å². The Kier molecular flexibility index (Phi) is 16.3. The van der Waals surface area contributed by atoms with Crippen molar-refractivity contribution in [2.45, 2.75) is 197 Å². The molecule has 6 rings (SSSR count). The quantitative estimate of drug-likeness (QED) is 0.155. The van der Waals surface area contributed by atoms with Crippen molar-refractivity contribution in [3.63, 3.8) is 0 Å². The fourth-order valence-corrected chi connectivity index (χ4v) is 11.2. The van der Waals surface area contributed by atoms with Crippen LogP contribution >= 0.6 is 0 Å². The topological polar surface area (TPSA) is 94.1 Å². The molecule has 8 nitrogen and oxygen atoms in total. The van der Waals surface area contributed by atoms with E-state index in [2.05, 4.69) is 15.5 Å². The van der Waals surface area contributed by atoms with Crippen LogP contribution in [0.15, 0.2) is 0 Å². The number of piperazine rings is 1. The summed E-state index contributed by atoms with van der Waals surface area (Å²) < 4.78 is 6.42. The maximum Gasteiger partial charge on any atom is 0.244 e. The van der Waals surface area contributed by atoms with Gasteiger partial charge in [0.05, 0.1) is 18.8 Å². The molecule has 2 amide bonds. The zero-order valence-corrected chi connectivity index (χ0v) is 32.4. The second-order valence-electron chi connectivity index (χ2n) is 18.0. The van der Waals surface area contributed by atoms with Crippen LogP contribution in [0.25, 0.3) is 0 Å². The van der Waals surface area contributed by atoms with Gasteiger partial charge in [0.1, 0.15) is 6.04 Å². The zero-order chi connectivity index (χ0) is 35.3. The summed E-state index contributed by atoms with van der Waals surface area (Å²) in [5, 5.41) is 18.5. The number of carbonyl (C=O) groups excluding carboxylic acids is 2. The summed E-state index contributed by atoms with van der Waals surface area (Å²) in [6.45, 7) is 3.70. The minimum Gasteiger partial charge on any atom is -0.389 e. The molecule has 51 heavy (non-hydrogen) atoms. The number of β-amino-alcohol motifs (C(OH)–C–C–N with tert-alkyl or cyclic N) is 1. The number of fused-ring (bicyclic) bond motifs is 1. The highest BCUT2D eigenvalue weighted by Gasteiger charge is 2.40.